The summed E-state index contributed by atoms with van der Waals surface area (Å²) in [6.07, 6.45) is 9.12. The molecule has 0 aromatic rings. The van der Waals surface area contributed by atoms with Gasteiger partial charge in [0.05, 0.1) is 6.61 Å². The standard InChI is InChI=1S/C17H32N2O2/c1-4-13-6-8-14(9-7-13)19(3)15-10-11-17(18,12-15)16(20)21-5-2/h13-15H,4-12,18H2,1-3H3. The van der Waals surface area contributed by atoms with Crippen LogP contribution in [-0.2, 0) is 9.53 Å². The molecule has 2 unspecified atom stereocenters. The van der Waals surface area contributed by atoms with Gasteiger partial charge in [-0.15, -0.1) is 0 Å². The zero-order valence-electron chi connectivity index (χ0n) is 13.9. The summed E-state index contributed by atoms with van der Waals surface area (Å²) in [7, 11) is 2.22. The van der Waals surface area contributed by atoms with Crippen molar-refractivity contribution in [2.45, 2.75) is 82.8 Å². The summed E-state index contributed by atoms with van der Waals surface area (Å²) in [5.74, 6) is 0.710. The van der Waals surface area contributed by atoms with Crippen molar-refractivity contribution in [1.82, 2.24) is 4.90 Å². The molecule has 0 radical (unpaired) electrons. The van der Waals surface area contributed by atoms with E-state index < -0.39 is 5.54 Å². The Labute approximate surface area is 129 Å². The SMILES string of the molecule is CCOC(=O)C1(N)CCC(N(C)C2CCC(CC)CC2)C1. The first-order valence-electron chi connectivity index (χ1n) is 8.68. The number of carbonyl (C=O) groups is 1. The van der Waals surface area contributed by atoms with Crippen LogP contribution in [0.5, 0.6) is 0 Å². The number of hydrogen-bond acceptors (Lipinski definition) is 4. The third kappa shape index (κ3) is 3.78. The zero-order chi connectivity index (χ0) is 15.5. The lowest BCUT2D eigenvalue weighted by atomic mass is 9.83. The fraction of sp³-hybridized carbons (Fsp3) is 0.941. The molecule has 0 saturated heterocycles. The van der Waals surface area contributed by atoms with Crippen LogP contribution in [0.2, 0.25) is 0 Å². The first kappa shape index (κ1) is 16.8. The second-order valence-corrected chi connectivity index (χ2v) is 7.02. The van der Waals surface area contributed by atoms with E-state index in [4.69, 9.17) is 10.5 Å². The average molecular weight is 296 g/mol. The van der Waals surface area contributed by atoms with Crippen LogP contribution in [0.1, 0.15) is 65.2 Å². The van der Waals surface area contributed by atoms with Crippen LogP contribution in [0, 0.1) is 5.92 Å². The third-order valence-electron chi connectivity index (χ3n) is 5.75. The van der Waals surface area contributed by atoms with Gasteiger partial charge in [0.2, 0.25) is 0 Å². The van der Waals surface area contributed by atoms with E-state index in [1.54, 1.807) is 0 Å². The van der Waals surface area contributed by atoms with Gasteiger partial charge in [-0.25, -0.2) is 0 Å². The number of esters is 1. The minimum Gasteiger partial charge on any atom is -0.465 e. The van der Waals surface area contributed by atoms with E-state index in [9.17, 15) is 4.79 Å². The monoisotopic (exact) mass is 296 g/mol. The van der Waals surface area contributed by atoms with Crippen molar-refractivity contribution in [3.8, 4) is 0 Å². The fourth-order valence-corrected chi connectivity index (χ4v) is 4.12. The Balaban J connectivity index is 1.87. The van der Waals surface area contributed by atoms with E-state index in [1.807, 2.05) is 6.92 Å². The van der Waals surface area contributed by atoms with E-state index in [-0.39, 0.29) is 5.97 Å². The summed E-state index contributed by atoms with van der Waals surface area (Å²) in [5, 5.41) is 0. The molecular weight excluding hydrogens is 264 g/mol. The number of hydrogen-bond donors (Lipinski definition) is 1. The number of nitrogens with zero attached hydrogens (tertiary/aromatic N) is 1. The quantitative estimate of drug-likeness (QED) is 0.793. The summed E-state index contributed by atoms with van der Waals surface area (Å²) in [5.41, 5.74) is 5.53. The zero-order valence-corrected chi connectivity index (χ0v) is 13.9. The third-order valence-corrected chi connectivity index (χ3v) is 5.75. The van der Waals surface area contributed by atoms with Gasteiger partial charge in [-0.05, 0) is 64.8 Å². The molecule has 2 saturated carbocycles. The smallest absolute Gasteiger partial charge is 0.326 e. The summed E-state index contributed by atoms with van der Waals surface area (Å²) < 4.78 is 5.15. The lowest BCUT2D eigenvalue weighted by molar-refractivity contribution is -0.149. The maximum Gasteiger partial charge on any atom is 0.326 e. The lowest BCUT2D eigenvalue weighted by Gasteiger charge is -2.38. The van der Waals surface area contributed by atoms with E-state index in [2.05, 4.69) is 18.9 Å². The van der Waals surface area contributed by atoms with Crippen molar-refractivity contribution in [1.29, 1.82) is 0 Å². The number of carbonyl (C=O) groups excluding carboxylic acids is 1. The highest BCUT2D eigenvalue weighted by atomic mass is 16.5. The molecule has 122 valence electrons. The topological polar surface area (TPSA) is 55.6 Å². The molecule has 0 aromatic heterocycles. The van der Waals surface area contributed by atoms with Crippen LogP contribution in [0.4, 0.5) is 0 Å². The summed E-state index contributed by atoms with van der Waals surface area (Å²) >= 11 is 0. The van der Waals surface area contributed by atoms with E-state index in [1.165, 1.54) is 32.1 Å². The molecule has 4 heteroatoms. The van der Waals surface area contributed by atoms with Gasteiger partial charge in [-0.3, -0.25) is 4.79 Å². The van der Waals surface area contributed by atoms with Gasteiger partial charge in [0, 0.05) is 12.1 Å². The molecule has 4 nitrogen and oxygen atoms in total. The molecule has 21 heavy (non-hydrogen) atoms. The van der Waals surface area contributed by atoms with E-state index in [0.29, 0.717) is 18.7 Å². The van der Waals surface area contributed by atoms with E-state index >= 15 is 0 Å². The Bertz CT molecular complexity index is 353. The number of nitrogens with two attached hydrogens (primary N) is 1. The summed E-state index contributed by atoms with van der Waals surface area (Å²) in [6, 6.07) is 1.10. The van der Waals surface area contributed by atoms with E-state index in [0.717, 1.165) is 25.2 Å². The maximum atomic E-state index is 12.0. The van der Waals surface area contributed by atoms with Crippen LogP contribution in [0.15, 0.2) is 0 Å². The molecule has 2 fully saturated rings. The van der Waals surface area contributed by atoms with Gasteiger partial charge < -0.3 is 15.4 Å². The van der Waals surface area contributed by atoms with Crippen molar-refractivity contribution in [3.63, 3.8) is 0 Å². The molecule has 0 heterocycles. The highest BCUT2D eigenvalue weighted by Gasteiger charge is 2.45. The Morgan fingerprint density at radius 2 is 1.86 bits per heavy atom. The molecule has 2 aliphatic rings. The summed E-state index contributed by atoms with van der Waals surface area (Å²) in [4.78, 5) is 14.5. The van der Waals surface area contributed by atoms with Crippen LogP contribution in [0.3, 0.4) is 0 Å². The highest BCUT2D eigenvalue weighted by molar-refractivity contribution is 5.81. The highest BCUT2D eigenvalue weighted by Crippen LogP contribution is 2.36. The average Bonchev–Trinajstić information content (AvgIpc) is 2.91. The molecule has 2 N–H and O–H groups in total. The minimum absolute atomic E-state index is 0.212. The van der Waals surface area contributed by atoms with Crippen LogP contribution >= 0.6 is 0 Å². The predicted molar refractivity (Wildman–Crippen MR) is 85.0 cm³/mol. The molecule has 2 atom stereocenters. The lowest BCUT2D eigenvalue weighted by Crippen LogP contribution is -2.49. The van der Waals surface area contributed by atoms with Gasteiger partial charge in [0.15, 0.2) is 0 Å². The maximum absolute atomic E-state index is 12.0. The molecular formula is C17H32N2O2. The molecule has 0 aromatic carbocycles. The van der Waals surface area contributed by atoms with Gasteiger partial charge in [0.1, 0.15) is 5.54 Å². The van der Waals surface area contributed by atoms with Crippen LogP contribution in [-0.4, -0.2) is 42.1 Å². The van der Waals surface area contributed by atoms with Gasteiger partial charge in [-0.2, -0.15) is 0 Å². The van der Waals surface area contributed by atoms with Crippen LogP contribution < -0.4 is 5.73 Å². The van der Waals surface area contributed by atoms with Crippen molar-refractivity contribution in [2.75, 3.05) is 13.7 Å². The fourth-order valence-electron chi connectivity index (χ4n) is 4.12. The van der Waals surface area contributed by atoms with Gasteiger partial charge in [-0.1, -0.05) is 13.3 Å². The summed E-state index contributed by atoms with van der Waals surface area (Å²) in [6.45, 7) is 4.55. The van der Waals surface area contributed by atoms with Crippen molar-refractivity contribution >= 4 is 5.97 Å². The van der Waals surface area contributed by atoms with Crippen molar-refractivity contribution < 1.29 is 9.53 Å². The van der Waals surface area contributed by atoms with Gasteiger partial charge >= 0.3 is 5.97 Å². The Kier molecular flexibility index (Phi) is 5.67. The van der Waals surface area contributed by atoms with Crippen molar-refractivity contribution in [2.24, 2.45) is 11.7 Å². The molecule has 0 spiro atoms. The second-order valence-electron chi connectivity index (χ2n) is 7.02. The Morgan fingerprint density at radius 1 is 1.19 bits per heavy atom. The molecule has 0 bridgehead atoms. The number of ether oxygens (including phenoxy) is 1. The molecule has 2 aliphatic carbocycles. The number of rotatable bonds is 5. The first-order valence-corrected chi connectivity index (χ1v) is 8.68. The predicted octanol–water partition coefficient (Wildman–Crippen LogP) is 2.70. The van der Waals surface area contributed by atoms with Gasteiger partial charge in [0.25, 0.3) is 0 Å². The molecule has 0 amide bonds. The first-order chi connectivity index (χ1) is 10.00. The Hall–Kier alpha value is -0.610. The molecule has 2 rings (SSSR count). The normalized spacial score (nSPS) is 36.9. The second kappa shape index (κ2) is 7.10. The van der Waals surface area contributed by atoms with Crippen molar-refractivity contribution in [3.05, 3.63) is 0 Å². The molecule has 0 aliphatic heterocycles. The Morgan fingerprint density at radius 3 is 2.43 bits per heavy atom. The minimum atomic E-state index is -0.754. The van der Waals surface area contributed by atoms with Crippen LogP contribution in [0.25, 0.3) is 0 Å². The largest absolute Gasteiger partial charge is 0.465 e.